The second kappa shape index (κ2) is 5.98. The van der Waals surface area contributed by atoms with Crippen LogP contribution in [0.3, 0.4) is 0 Å². The molecular formula is C10H20N2O2. The highest BCUT2D eigenvalue weighted by Crippen LogP contribution is 2.18. The van der Waals surface area contributed by atoms with E-state index in [9.17, 15) is 4.79 Å². The Hall–Kier alpha value is -0.610. The molecule has 1 saturated heterocycles. The summed E-state index contributed by atoms with van der Waals surface area (Å²) in [6.45, 7) is 5.19. The van der Waals surface area contributed by atoms with E-state index in [1.54, 1.807) is 0 Å². The van der Waals surface area contributed by atoms with Gasteiger partial charge in [0.05, 0.1) is 6.54 Å². The normalized spacial score (nSPS) is 21.6. The van der Waals surface area contributed by atoms with Gasteiger partial charge in [-0.2, -0.15) is 0 Å². The van der Waals surface area contributed by atoms with Crippen LogP contribution < -0.4 is 5.32 Å². The number of carbonyl (C=O) groups is 1. The molecule has 1 fully saturated rings. The molecule has 1 rings (SSSR count). The van der Waals surface area contributed by atoms with Crippen LogP contribution >= 0.6 is 0 Å². The molecule has 0 aromatic rings. The monoisotopic (exact) mass is 200 g/mol. The van der Waals surface area contributed by atoms with Crippen molar-refractivity contribution >= 4 is 5.91 Å². The Kier molecular flexibility index (Phi) is 4.90. The topological polar surface area (TPSA) is 52.6 Å². The van der Waals surface area contributed by atoms with Crippen molar-refractivity contribution in [2.24, 2.45) is 5.92 Å². The van der Waals surface area contributed by atoms with Crippen LogP contribution in [-0.4, -0.2) is 48.7 Å². The van der Waals surface area contributed by atoms with E-state index < -0.39 is 0 Å². The first-order valence-corrected chi connectivity index (χ1v) is 5.37. The number of likely N-dealkylation sites (tertiary alicyclic amines) is 1. The van der Waals surface area contributed by atoms with E-state index in [4.69, 9.17) is 5.11 Å². The lowest BCUT2D eigenvalue weighted by molar-refractivity contribution is -0.129. The third kappa shape index (κ3) is 3.27. The molecule has 4 heteroatoms. The number of aliphatic hydroxyl groups excluding tert-OH is 1. The SMILES string of the molecule is CCNCC(=O)N1CCC(CCO)C1. The predicted octanol–water partition coefficient (Wildman–Crippen LogP) is -0.173. The number of hydrogen-bond acceptors (Lipinski definition) is 3. The summed E-state index contributed by atoms with van der Waals surface area (Å²) in [5.74, 6) is 0.692. The van der Waals surface area contributed by atoms with Gasteiger partial charge in [0.2, 0.25) is 5.91 Å². The lowest BCUT2D eigenvalue weighted by Crippen LogP contribution is -2.36. The van der Waals surface area contributed by atoms with Gasteiger partial charge in [-0.1, -0.05) is 6.92 Å². The predicted molar refractivity (Wildman–Crippen MR) is 54.9 cm³/mol. The van der Waals surface area contributed by atoms with Crippen LogP contribution in [0.1, 0.15) is 19.8 Å². The average molecular weight is 200 g/mol. The Balaban J connectivity index is 2.23. The number of aliphatic hydroxyl groups is 1. The first-order valence-electron chi connectivity index (χ1n) is 5.37. The zero-order valence-corrected chi connectivity index (χ0v) is 8.83. The number of nitrogens with one attached hydrogen (secondary N) is 1. The maximum Gasteiger partial charge on any atom is 0.236 e. The average Bonchev–Trinajstić information content (AvgIpc) is 2.63. The maximum absolute atomic E-state index is 11.6. The van der Waals surface area contributed by atoms with Crippen LogP contribution in [0.4, 0.5) is 0 Å². The highest BCUT2D eigenvalue weighted by molar-refractivity contribution is 5.78. The summed E-state index contributed by atoms with van der Waals surface area (Å²) in [5, 5.41) is 11.8. The summed E-state index contributed by atoms with van der Waals surface area (Å²) in [6, 6.07) is 0. The van der Waals surface area contributed by atoms with E-state index in [0.717, 1.165) is 32.5 Å². The van der Waals surface area contributed by atoms with Crippen molar-refractivity contribution in [3.63, 3.8) is 0 Å². The molecule has 1 aliphatic rings. The molecule has 4 nitrogen and oxygen atoms in total. The van der Waals surface area contributed by atoms with Gasteiger partial charge in [0, 0.05) is 19.7 Å². The van der Waals surface area contributed by atoms with Crippen LogP contribution in [0.5, 0.6) is 0 Å². The van der Waals surface area contributed by atoms with Gasteiger partial charge in [-0.15, -0.1) is 0 Å². The van der Waals surface area contributed by atoms with E-state index in [0.29, 0.717) is 12.5 Å². The van der Waals surface area contributed by atoms with E-state index in [1.807, 2.05) is 11.8 Å². The minimum atomic E-state index is 0.187. The third-order valence-corrected chi connectivity index (χ3v) is 2.70. The smallest absolute Gasteiger partial charge is 0.236 e. The summed E-state index contributed by atoms with van der Waals surface area (Å²) in [4.78, 5) is 13.4. The molecule has 1 atom stereocenters. The Morgan fingerprint density at radius 1 is 1.64 bits per heavy atom. The van der Waals surface area contributed by atoms with Crippen molar-refractivity contribution in [2.75, 3.05) is 32.8 Å². The van der Waals surface area contributed by atoms with Gasteiger partial charge in [-0.05, 0) is 25.3 Å². The highest BCUT2D eigenvalue weighted by Gasteiger charge is 2.24. The molecular weight excluding hydrogens is 180 g/mol. The minimum Gasteiger partial charge on any atom is -0.396 e. The molecule has 0 aliphatic carbocycles. The third-order valence-electron chi connectivity index (χ3n) is 2.70. The van der Waals surface area contributed by atoms with Gasteiger partial charge in [-0.25, -0.2) is 0 Å². The van der Waals surface area contributed by atoms with Gasteiger partial charge in [0.1, 0.15) is 0 Å². The zero-order valence-electron chi connectivity index (χ0n) is 8.83. The molecule has 0 spiro atoms. The maximum atomic E-state index is 11.6. The molecule has 1 heterocycles. The summed E-state index contributed by atoms with van der Waals surface area (Å²) in [6.07, 6.45) is 1.86. The van der Waals surface area contributed by atoms with E-state index in [2.05, 4.69) is 5.32 Å². The lowest BCUT2D eigenvalue weighted by atomic mass is 10.1. The molecule has 2 N–H and O–H groups in total. The van der Waals surface area contributed by atoms with Crippen LogP contribution in [0, 0.1) is 5.92 Å². The van der Waals surface area contributed by atoms with Crippen molar-refractivity contribution < 1.29 is 9.90 Å². The molecule has 0 bridgehead atoms. The number of carbonyl (C=O) groups excluding carboxylic acids is 1. The summed E-state index contributed by atoms with van der Waals surface area (Å²) in [5.41, 5.74) is 0. The van der Waals surface area contributed by atoms with Crippen LogP contribution in [0.2, 0.25) is 0 Å². The largest absolute Gasteiger partial charge is 0.396 e. The molecule has 1 unspecified atom stereocenters. The summed E-state index contributed by atoms with van der Waals surface area (Å²) >= 11 is 0. The highest BCUT2D eigenvalue weighted by atomic mass is 16.3. The lowest BCUT2D eigenvalue weighted by Gasteiger charge is -2.16. The van der Waals surface area contributed by atoms with Crippen molar-refractivity contribution in [3.05, 3.63) is 0 Å². The Labute approximate surface area is 85.3 Å². The molecule has 0 aromatic heterocycles. The first-order chi connectivity index (χ1) is 6.77. The van der Waals surface area contributed by atoms with Gasteiger partial charge in [0.15, 0.2) is 0 Å². The fraction of sp³-hybridized carbons (Fsp3) is 0.900. The van der Waals surface area contributed by atoms with Crippen molar-refractivity contribution in [2.45, 2.75) is 19.8 Å². The van der Waals surface area contributed by atoms with E-state index in [1.165, 1.54) is 0 Å². The molecule has 0 aromatic carbocycles. The van der Waals surface area contributed by atoms with Gasteiger partial charge >= 0.3 is 0 Å². The number of rotatable bonds is 5. The van der Waals surface area contributed by atoms with Crippen LogP contribution in [0.25, 0.3) is 0 Å². The number of likely N-dealkylation sites (N-methyl/N-ethyl adjacent to an activating group) is 1. The second-order valence-corrected chi connectivity index (χ2v) is 3.79. The summed E-state index contributed by atoms with van der Waals surface area (Å²) < 4.78 is 0. The van der Waals surface area contributed by atoms with Gasteiger partial charge < -0.3 is 15.3 Å². The Bertz CT molecular complexity index is 185. The van der Waals surface area contributed by atoms with Crippen molar-refractivity contribution in [3.8, 4) is 0 Å². The second-order valence-electron chi connectivity index (χ2n) is 3.79. The van der Waals surface area contributed by atoms with Crippen molar-refractivity contribution in [1.29, 1.82) is 0 Å². The molecule has 82 valence electrons. The Morgan fingerprint density at radius 3 is 3.07 bits per heavy atom. The quantitative estimate of drug-likeness (QED) is 0.647. The van der Waals surface area contributed by atoms with E-state index in [-0.39, 0.29) is 12.5 Å². The number of nitrogens with zero attached hydrogens (tertiary/aromatic N) is 1. The van der Waals surface area contributed by atoms with Crippen LogP contribution in [0.15, 0.2) is 0 Å². The van der Waals surface area contributed by atoms with Crippen LogP contribution in [-0.2, 0) is 4.79 Å². The minimum absolute atomic E-state index is 0.187. The molecule has 14 heavy (non-hydrogen) atoms. The van der Waals surface area contributed by atoms with E-state index >= 15 is 0 Å². The molecule has 0 saturated carbocycles. The first kappa shape index (κ1) is 11.5. The molecule has 1 amide bonds. The van der Waals surface area contributed by atoms with Gasteiger partial charge in [-0.3, -0.25) is 4.79 Å². The van der Waals surface area contributed by atoms with Gasteiger partial charge in [0.25, 0.3) is 0 Å². The standard InChI is InChI=1S/C10H20N2O2/c1-2-11-7-10(14)12-5-3-9(8-12)4-6-13/h9,11,13H,2-8H2,1H3. The van der Waals surface area contributed by atoms with Crippen molar-refractivity contribution in [1.82, 2.24) is 10.2 Å². The molecule has 0 radical (unpaired) electrons. The molecule has 1 aliphatic heterocycles. The zero-order chi connectivity index (χ0) is 10.4. The summed E-state index contributed by atoms with van der Waals surface area (Å²) in [7, 11) is 0. The number of amides is 1. The fourth-order valence-corrected chi connectivity index (χ4v) is 1.82. The number of hydrogen-bond donors (Lipinski definition) is 2. The Morgan fingerprint density at radius 2 is 2.43 bits per heavy atom. The fourth-order valence-electron chi connectivity index (χ4n) is 1.82.